The maximum absolute atomic E-state index is 6.10. The van der Waals surface area contributed by atoms with E-state index < -0.39 is 0 Å². The number of nitrogens with one attached hydrogen (secondary N) is 1. The molecule has 0 fully saturated rings. The largest absolute Gasteiger partial charge is 0.363 e. The molecule has 1 unspecified atom stereocenters. The van der Waals surface area contributed by atoms with Crippen LogP contribution in [0, 0.1) is 6.92 Å². The molecule has 0 spiro atoms. The molecule has 0 aliphatic rings. The number of thiophene rings is 1. The van der Waals surface area contributed by atoms with Gasteiger partial charge in [-0.05, 0) is 46.6 Å². The van der Waals surface area contributed by atoms with Gasteiger partial charge in [-0.2, -0.15) is 0 Å². The predicted molar refractivity (Wildman–Crippen MR) is 63.6 cm³/mol. The number of aromatic nitrogens is 1. The quantitative estimate of drug-likeness (QED) is 0.865. The number of aromatic amines is 1. The number of hydrogen-bond acceptors (Lipinski definition) is 2. The summed E-state index contributed by atoms with van der Waals surface area (Å²) in [5, 5.41) is 0. The lowest BCUT2D eigenvalue weighted by molar-refractivity contribution is 0.857. The first-order chi connectivity index (χ1) is 6.68. The van der Waals surface area contributed by atoms with Gasteiger partial charge in [-0.15, -0.1) is 11.3 Å². The van der Waals surface area contributed by atoms with Gasteiger partial charge in [0.05, 0.1) is 9.83 Å². The van der Waals surface area contributed by atoms with Gasteiger partial charge in [-0.1, -0.05) is 0 Å². The van der Waals surface area contributed by atoms with Crippen LogP contribution in [0.25, 0.3) is 0 Å². The summed E-state index contributed by atoms with van der Waals surface area (Å²) in [5.74, 6) is 0. The minimum Gasteiger partial charge on any atom is -0.363 e. The van der Waals surface area contributed by atoms with Gasteiger partial charge in [-0.25, -0.2) is 0 Å². The highest BCUT2D eigenvalue weighted by Gasteiger charge is 2.13. The molecule has 4 heteroatoms. The molecule has 0 aliphatic carbocycles. The van der Waals surface area contributed by atoms with Crippen LogP contribution < -0.4 is 5.73 Å². The normalized spacial score (nSPS) is 13.1. The highest BCUT2D eigenvalue weighted by Crippen LogP contribution is 2.32. The van der Waals surface area contributed by atoms with Crippen molar-refractivity contribution in [3.8, 4) is 0 Å². The Morgan fingerprint density at radius 3 is 2.86 bits per heavy atom. The van der Waals surface area contributed by atoms with E-state index in [0.717, 1.165) is 9.48 Å². The molecule has 2 aromatic heterocycles. The molecule has 2 nitrogen and oxygen atoms in total. The first-order valence-corrected chi connectivity index (χ1v) is 5.94. The summed E-state index contributed by atoms with van der Waals surface area (Å²) in [6.45, 7) is 2.07. The molecule has 0 amide bonds. The fourth-order valence-electron chi connectivity index (χ4n) is 1.33. The van der Waals surface area contributed by atoms with Gasteiger partial charge in [-0.3, -0.25) is 0 Å². The molecule has 0 bridgehead atoms. The van der Waals surface area contributed by atoms with E-state index in [1.54, 1.807) is 11.3 Å². The molecule has 0 radical (unpaired) electrons. The van der Waals surface area contributed by atoms with Crippen LogP contribution in [0.3, 0.4) is 0 Å². The van der Waals surface area contributed by atoms with Gasteiger partial charge in [0.2, 0.25) is 0 Å². The molecule has 0 aliphatic heterocycles. The number of rotatable bonds is 2. The maximum Gasteiger partial charge on any atom is 0.0798 e. The van der Waals surface area contributed by atoms with Crippen molar-refractivity contribution in [2.45, 2.75) is 13.0 Å². The zero-order valence-corrected chi connectivity index (χ0v) is 10.2. The summed E-state index contributed by atoms with van der Waals surface area (Å²) in [4.78, 5) is 4.31. The van der Waals surface area contributed by atoms with E-state index in [4.69, 9.17) is 5.73 Å². The fourth-order valence-corrected chi connectivity index (χ4v) is 2.92. The van der Waals surface area contributed by atoms with Gasteiger partial charge in [0.25, 0.3) is 0 Å². The maximum atomic E-state index is 6.10. The van der Waals surface area contributed by atoms with Crippen molar-refractivity contribution < 1.29 is 0 Å². The Kier molecular flexibility index (Phi) is 2.76. The SMILES string of the molecule is Cc1cc(C(N)c2ccc[nH]2)sc1Br. The summed E-state index contributed by atoms with van der Waals surface area (Å²) >= 11 is 5.19. The number of nitrogens with two attached hydrogens (primary N) is 1. The van der Waals surface area contributed by atoms with Gasteiger partial charge < -0.3 is 10.7 Å². The molecule has 3 N–H and O–H groups in total. The minimum absolute atomic E-state index is 0.0417. The Hall–Kier alpha value is -0.580. The van der Waals surface area contributed by atoms with Crippen molar-refractivity contribution in [1.82, 2.24) is 4.98 Å². The van der Waals surface area contributed by atoms with E-state index in [0.29, 0.717) is 0 Å². The minimum atomic E-state index is -0.0417. The van der Waals surface area contributed by atoms with Crippen molar-refractivity contribution >= 4 is 27.3 Å². The molecule has 0 aromatic carbocycles. The molecule has 0 saturated carbocycles. The lowest BCUT2D eigenvalue weighted by Gasteiger charge is -2.06. The molecule has 2 rings (SSSR count). The van der Waals surface area contributed by atoms with Gasteiger partial charge >= 0.3 is 0 Å². The molecule has 2 aromatic rings. The molecular weight excluding hydrogens is 260 g/mol. The van der Waals surface area contributed by atoms with Crippen molar-refractivity contribution in [1.29, 1.82) is 0 Å². The lowest BCUT2D eigenvalue weighted by atomic mass is 10.2. The van der Waals surface area contributed by atoms with Crippen LogP contribution in [0.5, 0.6) is 0 Å². The van der Waals surface area contributed by atoms with Crippen LogP contribution in [-0.2, 0) is 0 Å². The first kappa shape index (κ1) is 9.96. The van der Waals surface area contributed by atoms with Crippen LogP contribution >= 0.6 is 27.3 Å². The summed E-state index contributed by atoms with van der Waals surface area (Å²) in [7, 11) is 0. The second-order valence-corrected chi connectivity index (χ2v) is 5.61. The Morgan fingerprint density at radius 2 is 2.36 bits per heavy atom. The molecule has 1 atom stereocenters. The monoisotopic (exact) mass is 270 g/mol. The zero-order chi connectivity index (χ0) is 10.1. The Balaban J connectivity index is 2.32. The molecular formula is C10H11BrN2S. The van der Waals surface area contributed by atoms with Crippen LogP contribution in [0.4, 0.5) is 0 Å². The van der Waals surface area contributed by atoms with E-state index in [-0.39, 0.29) is 6.04 Å². The Labute approximate surface area is 95.3 Å². The molecule has 2 heterocycles. The third kappa shape index (κ3) is 1.78. The van der Waals surface area contributed by atoms with Crippen LogP contribution in [-0.4, -0.2) is 4.98 Å². The molecule has 14 heavy (non-hydrogen) atoms. The zero-order valence-electron chi connectivity index (χ0n) is 7.75. The fraction of sp³-hybridized carbons (Fsp3) is 0.200. The van der Waals surface area contributed by atoms with Gasteiger partial charge in [0.1, 0.15) is 0 Å². The van der Waals surface area contributed by atoms with Crippen molar-refractivity contribution in [2.75, 3.05) is 0 Å². The van der Waals surface area contributed by atoms with Crippen LogP contribution in [0.2, 0.25) is 0 Å². The van der Waals surface area contributed by atoms with E-state index in [1.165, 1.54) is 10.4 Å². The van der Waals surface area contributed by atoms with Gasteiger partial charge in [0, 0.05) is 16.8 Å². The standard InChI is InChI=1S/C10H11BrN2S/c1-6-5-8(14-10(6)11)9(12)7-3-2-4-13-7/h2-5,9,13H,12H2,1H3. The van der Waals surface area contributed by atoms with Gasteiger partial charge in [0.15, 0.2) is 0 Å². The number of aryl methyl sites for hydroxylation is 1. The van der Waals surface area contributed by atoms with Crippen molar-refractivity contribution in [3.63, 3.8) is 0 Å². The first-order valence-electron chi connectivity index (χ1n) is 4.33. The highest BCUT2D eigenvalue weighted by molar-refractivity contribution is 9.11. The Morgan fingerprint density at radius 1 is 1.57 bits per heavy atom. The highest BCUT2D eigenvalue weighted by atomic mass is 79.9. The van der Waals surface area contributed by atoms with E-state index in [9.17, 15) is 0 Å². The van der Waals surface area contributed by atoms with Crippen molar-refractivity contribution in [3.05, 3.63) is 44.3 Å². The molecule has 0 saturated heterocycles. The Bertz CT molecular complexity index is 400. The average molecular weight is 271 g/mol. The van der Waals surface area contributed by atoms with Crippen LogP contribution in [0.15, 0.2) is 28.2 Å². The number of H-pyrrole nitrogens is 1. The molecule has 74 valence electrons. The van der Waals surface area contributed by atoms with Crippen molar-refractivity contribution in [2.24, 2.45) is 5.73 Å². The number of halogens is 1. The summed E-state index contributed by atoms with van der Waals surface area (Å²) < 4.78 is 1.16. The van der Waals surface area contributed by atoms with E-state index in [2.05, 4.69) is 33.9 Å². The smallest absolute Gasteiger partial charge is 0.0798 e. The third-order valence-corrected chi connectivity index (χ3v) is 4.36. The summed E-state index contributed by atoms with van der Waals surface area (Å²) in [6, 6.07) is 6.05. The topological polar surface area (TPSA) is 41.8 Å². The summed E-state index contributed by atoms with van der Waals surface area (Å²) in [6.07, 6.45) is 1.89. The average Bonchev–Trinajstić information content (AvgIpc) is 2.76. The lowest BCUT2D eigenvalue weighted by Crippen LogP contribution is -2.10. The van der Waals surface area contributed by atoms with Crippen LogP contribution in [0.1, 0.15) is 22.2 Å². The number of hydrogen-bond donors (Lipinski definition) is 2. The predicted octanol–water partition coefficient (Wildman–Crippen LogP) is 3.20. The second-order valence-electron chi connectivity index (χ2n) is 3.21. The van der Waals surface area contributed by atoms with E-state index >= 15 is 0 Å². The summed E-state index contributed by atoms with van der Waals surface area (Å²) in [5.41, 5.74) is 8.40. The van der Waals surface area contributed by atoms with E-state index in [1.807, 2.05) is 18.3 Å². The second kappa shape index (κ2) is 3.88. The third-order valence-electron chi connectivity index (χ3n) is 2.14.